The van der Waals surface area contributed by atoms with Gasteiger partial charge in [0, 0.05) is 23.5 Å². The van der Waals surface area contributed by atoms with Gasteiger partial charge < -0.3 is 14.9 Å². The number of cyclic esters (lactones) is 1. The molecule has 0 bridgehead atoms. The number of tetrazole rings is 1. The molecule has 1 aliphatic heterocycles. The van der Waals surface area contributed by atoms with E-state index in [4.69, 9.17) is 4.74 Å². The van der Waals surface area contributed by atoms with E-state index in [9.17, 15) is 15.0 Å². The first-order chi connectivity index (χ1) is 17.1. The molecule has 180 valence electrons. The summed E-state index contributed by atoms with van der Waals surface area (Å²) in [6.07, 6.45) is 3.68. The maximum absolute atomic E-state index is 15.0. The molecule has 3 aromatic heterocycles. The predicted octanol–water partition coefficient (Wildman–Crippen LogP) is 0.684. The van der Waals surface area contributed by atoms with Crippen molar-refractivity contribution in [3.63, 3.8) is 0 Å². The molecule has 0 aliphatic carbocycles. The molecule has 35 heavy (non-hydrogen) atoms. The van der Waals surface area contributed by atoms with Crippen LogP contribution in [0.4, 0.5) is 14.9 Å². The van der Waals surface area contributed by atoms with Crippen LogP contribution in [-0.2, 0) is 11.3 Å². The Morgan fingerprint density at radius 3 is 2.71 bits per heavy atom. The van der Waals surface area contributed by atoms with E-state index in [0.29, 0.717) is 29.1 Å². The molecule has 1 fully saturated rings. The lowest BCUT2D eigenvalue weighted by atomic mass is 10.1. The average Bonchev–Trinajstić information content (AvgIpc) is 3.62. The number of halogens is 1. The maximum atomic E-state index is 15.0. The molecular formula is C21H20FN9O4. The van der Waals surface area contributed by atoms with Crippen molar-refractivity contribution in [2.75, 3.05) is 24.7 Å². The number of hydrogen-bond acceptors (Lipinski definition) is 10. The first-order valence-electron chi connectivity index (χ1n) is 10.7. The summed E-state index contributed by atoms with van der Waals surface area (Å²) in [6, 6.07) is 7.04. The third kappa shape index (κ3) is 4.43. The molecule has 14 heteroatoms. The Labute approximate surface area is 197 Å². The van der Waals surface area contributed by atoms with Crippen molar-refractivity contribution in [3.05, 3.63) is 54.7 Å². The summed E-state index contributed by atoms with van der Waals surface area (Å²) < 4.78 is 23.2. The van der Waals surface area contributed by atoms with Gasteiger partial charge >= 0.3 is 6.09 Å². The fraction of sp³-hybridized carbons (Fsp3) is 0.286. The Morgan fingerprint density at radius 1 is 1.17 bits per heavy atom. The standard InChI is InChI=1S/C21H20FN9O4/c22-18-7-14(30-10-16(35-21(30)34)9-29-6-5-24-27-29)2-3-17(18)13-1-4-19(23-8-13)20-25-26-28-31(20)15(11-32)12-33/h1-8,15-16,32-33H,9-12H2/t16-/m0/s1. The van der Waals surface area contributed by atoms with Crippen LogP contribution < -0.4 is 4.90 Å². The molecule has 0 spiro atoms. The highest BCUT2D eigenvalue weighted by atomic mass is 19.1. The molecule has 1 saturated heterocycles. The van der Waals surface area contributed by atoms with Crippen LogP contribution in [0, 0.1) is 5.82 Å². The van der Waals surface area contributed by atoms with Crippen LogP contribution in [0.2, 0.25) is 0 Å². The molecule has 0 radical (unpaired) electrons. The molecule has 4 aromatic rings. The number of ether oxygens (including phenoxy) is 1. The first-order valence-corrected chi connectivity index (χ1v) is 10.7. The lowest BCUT2D eigenvalue weighted by Gasteiger charge is -2.15. The minimum Gasteiger partial charge on any atom is -0.442 e. The number of carbonyl (C=O) groups excluding carboxylic acids is 1. The minimum absolute atomic E-state index is 0.255. The van der Waals surface area contributed by atoms with E-state index in [1.54, 1.807) is 35.1 Å². The summed E-state index contributed by atoms with van der Waals surface area (Å²) in [7, 11) is 0. The van der Waals surface area contributed by atoms with Gasteiger partial charge in [-0.1, -0.05) is 11.3 Å². The van der Waals surface area contributed by atoms with E-state index in [-0.39, 0.29) is 25.6 Å². The number of benzene rings is 1. The van der Waals surface area contributed by atoms with Crippen LogP contribution >= 0.6 is 0 Å². The fourth-order valence-corrected chi connectivity index (χ4v) is 3.78. The molecule has 1 aromatic carbocycles. The molecule has 1 amide bonds. The Bertz CT molecular complexity index is 1310. The number of carbonyl (C=O) groups is 1. The topological polar surface area (TPSA) is 157 Å². The lowest BCUT2D eigenvalue weighted by Crippen LogP contribution is -2.26. The van der Waals surface area contributed by atoms with Crippen LogP contribution in [-0.4, -0.2) is 82.4 Å². The summed E-state index contributed by atoms with van der Waals surface area (Å²) in [5, 5.41) is 37.7. The molecule has 2 N–H and O–H groups in total. The number of hydrogen-bond donors (Lipinski definition) is 2. The number of aromatic nitrogens is 8. The summed E-state index contributed by atoms with van der Waals surface area (Å²) in [6.45, 7) is -0.0987. The van der Waals surface area contributed by atoms with Gasteiger partial charge in [0.15, 0.2) is 0 Å². The molecule has 5 rings (SSSR count). The van der Waals surface area contributed by atoms with Crippen molar-refractivity contribution in [3.8, 4) is 22.6 Å². The van der Waals surface area contributed by atoms with E-state index in [1.807, 2.05) is 0 Å². The van der Waals surface area contributed by atoms with Crippen molar-refractivity contribution in [1.82, 2.24) is 40.2 Å². The minimum atomic E-state index is -0.709. The number of amides is 1. The number of anilines is 1. The largest absolute Gasteiger partial charge is 0.442 e. The molecule has 13 nitrogen and oxygen atoms in total. The number of aliphatic hydroxyl groups is 2. The van der Waals surface area contributed by atoms with Crippen LogP contribution in [0.5, 0.6) is 0 Å². The van der Waals surface area contributed by atoms with Gasteiger partial charge in [0.25, 0.3) is 0 Å². The van der Waals surface area contributed by atoms with E-state index < -0.39 is 24.1 Å². The van der Waals surface area contributed by atoms with Crippen LogP contribution in [0.1, 0.15) is 6.04 Å². The molecule has 1 aliphatic rings. The quantitative estimate of drug-likeness (QED) is 0.367. The second-order valence-electron chi connectivity index (χ2n) is 7.80. The average molecular weight is 481 g/mol. The number of aliphatic hydroxyl groups excluding tert-OH is 2. The molecule has 4 heterocycles. The zero-order chi connectivity index (χ0) is 24.4. The zero-order valence-corrected chi connectivity index (χ0v) is 18.2. The maximum Gasteiger partial charge on any atom is 0.414 e. The Kier molecular flexibility index (Phi) is 6.12. The highest BCUT2D eigenvalue weighted by Gasteiger charge is 2.33. The van der Waals surface area contributed by atoms with Crippen molar-refractivity contribution in [2.45, 2.75) is 18.7 Å². The Hall–Kier alpha value is -4.30. The first kappa shape index (κ1) is 22.5. The number of rotatable bonds is 8. The molecule has 0 unspecified atom stereocenters. The van der Waals surface area contributed by atoms with Gasteiger partial charge in [0.1, 0.15) is 23.7 Å². The van der Waals surface area contributed by atoms with Gasteiger partial charge in [-0.15, -0.1) is 10.2 Å². The van der Waals surface area contributed by atoms with Crippen LogP contribution in [0.3, 0.4) is 0 Å². The second-order valence-corrected chi connectivity index (χ2v) is 7.80. The third-order valence-electron chi connectivity index (χ3n) is 5.56. The monoisotopic (exact) mass is 481 g/mol. The van der Waals surface area contributed by atoms with Crippen molar-refractivity contribution in [1.29, 1.82) is 0 Å². The van der Waals surface area contributed by atoms with E-state index in [1.165, 1.54) is 28.0 Å². The Morgan fingerprint density at radius 2 is 2.03 bits per heavy atom. The van der Waals surface area contributed by atoms with Gasteiger partial charge in [-0.2, -0.15) is 0 Å². The van der Waals surface area contributed by atoms with Gasteiger partial charge in [-0.3, -0.25) is 9.88 Å². The zero-order valence-electron chi connectivity index (χ0n) is 18.2. The van der Waals surface area contributed by atoms with Crippen molar-refractivity contribution in [2.24, 2.45) is 0 Å². The van der Waals surface area contributed by atoms with Gasteiger partial charge in [0.2, 0.25) is 5.82 Å². The van der Waals surface area contributed by atoms with E-state index in [0.717, 1.165) is 0 Å². The van der Waals surface area contributed by atoms with Crippen molar-refractivity contribution < 1.29 is 24.1 Å². The highest BCUT2D eigenvalue weighted by molar-refractivity contribution is 5.90. The fourth-order valence-electron chi connectivity index (χ4n) is 3.78. The van der Waals surface area contributed by atoms with Crippen molar-refractivity contribution >= 4 is 11.8 Å². The predicted molar refractivity (Wildman–Crippen MR) is 117 cm³/mol. The van der Waals surface area contributed by atoms with E-state index >= 15 is 4.39 Å². The SMILES string of the molecule is O=C1O[C@@H](Cn2ccnn2)CN1c1ccc(-c2ccc(-c3nnnn3C(CO)CO)nc2)c(F)c1. The Balaban J connectivity index is 1.33. The van der Waals surface area contributed by atoms with Crippen LogP contribution in [0.15, 0.2) is 48.9 Å². The van der Waals surface area contributed by atoms with E-state index in [2.05, 4.69) is 30.8 Å². The van der Waals surface area contributed by atoms with Gasteiger partial charge in [-0.05, 0) is 34.7 Å². The summed E-state index contributed by atoms with van der Waals surface area (Å²) in [5.41, 5.74) is 1.56. The number of nitrogens with zero attached hydrogens (tertiary/aromatic N) is 9. The molecule has 1 atom stereocenters. The highest BCUT2D eigenvalue weighted by Crippen LogP contribution is 2.30. The smallest absolute Gasteiger partial charge is 0.414 e. The summed E-state index contributed by atoms with van der Waals surface area (Å²) in [4.78, 5) is 18.0. The third-order valence-corrected chi connectivity index (χ3v) is 5.56. The summed E-state index contributed by atoms with van der Waals surface area (Å²) in [5.74, 6) is -0.275. The molecular weight excluding hydrogens is 461 g/mol. The lowest BCUT2D eigenvalue weighted by molar-refractivity contribution is 0.129. The van der Waals surface area contributed by atoms with Crippen LogP contribution in [0.25, 0.3) is 22.6 Å². The summed E-state index contributed by atoms with van der Waals surface area (Å²) >= 11 is 0. The van der Waals surface area contributed by atoms with Gasteiger partial charge in [-0.25, -0.2) is 18.5 Å². The normalized spacial score (nSPS) is 15.7. The van der Waals surface area contributed by atoms with Gasteiger partial charge in [0.05, 0.1) is 38.2 Å². The second kappa shape index (κ2) is 9.52. The molecule has 0 saturated carbocycles. The number of pyridine rings is 1.